The van der Waals surface area contributed by atoms with Crippen LogP contribution in [-0.4, -0.2) is 107 Å². The molecule has 1 saturated heterocycles. The number of nitrogens with one attached hydrogen (secondary N) is 1. The number of unbranched alkanes of at least 4 members (excludes halogenated alkanes) is 31. The molecule has 8 atom stereocenters. The molecule has 1 rings (SSSR count). The van der Waals surface area contributed by atoms with Gasteiger partial charge in [0.15, 0.2) is 6.29 Å². The topological polar surface area (TPSA) is 212 Å². The van der Waals surface area contributed by atoms with Crippen LogP contribution in [0.15, 0.2) is 12.2 Å². The van der Waals surface area contributed by atoms with E-state index in [4.69, 9.17) is 9.47 Å². The van der Waals surface area contributed by atoms with E-state index < -0.39 is 78.5 Å². The summed E-state index contributed by atoms with van der Waals surface area (Å²) in [4.78, 5) is 13.2. The average molecular weight is 950 g/mol. The number of hydrogen-bond donors (Lipinski definition) is 7. The molecule has 1 heterocycles. The summed E-state index contributed by atoms with van der Waals surface area (Å²) in [6.45, 7) is 3.31. The fraction of sp³-hybridized carbons (Fsp3) is 0.941. The molecule has 0 aromatic heterocycles. The predicted octanol–water partition coefficient (Wildman–Crippen LogP) is 10.5. The molecule has 65 heavy (non-hydrogen) atoms. The van der Waals surface area contributed by atoms with Gasteiger partial charge in [0.05, 0.1) is 25.4 Å². The molecule has 1 fully saturated rings. The Balaban J connectivity index is 2.46. The van der Waals surface area contributed by atoms with Crippen LogP contribution in [0.5, 0.6) is 0 Å². The second-order valence-corrected chi connectivity index (χ2v) is 20.0. The van der Waals surface area contributed by atoms with Crippen molar-refractivity contribution in [2.24, 2.45) is 0 Å². The molecule has 0 spiro atoms. The van der Waals surface area contributed by atoms with E-state index in [0.717, 1.165) is 57.8 Å². The maximum Gasteiger partial charge on any atom is 0.397 e. The first-order chi connectivity index (χ1) is 31.4. The molecule has 0 aromatic carbocycles. The molecule has 7 N–H and O–H groups in total. The van der Waals surface area contributed by atoms with Crippen LogP contribution < -0.4 is 5.32 Å². The van der Waals surface area contributed by atoms with Crippen LogP contribution in [0.25, 0.3) is 0 Å². The third-order valence-corrected chi connectivity index (χ3v) is 13.4. The van der Waals surface area contributed by atoms with Crippen LogP contribution in [0, 0.1) is 0 Å². The van der Waals surface area contributed by atoms with Gasteiger partial charge in [-0.1, -0.05) is 219 Å². The third kappa shape index (κ3) is 33.9. The van der Waals surface area contributed by atoms with Crippen molar-refractivity contribution in [1.82, 2.24) is 5.32 Å². The summed E-state index contributed by atoms with van der Waals surface area (Å²) in [5.74, 6) is -0.671. The first-order valence-corrected chi connectivity index (χ1v) is 28.0. The number of rotatable bonds is 46. The van der Waals surface area contributed by atoms with E-state index in [2.05, 4.69) is 35.5 Å². The normalized spacial score (nSPS) is 20.6. The summed E-state index contributed by atoms with van der Waals surface area (Å²) in [5.41, 5.74) is 0. The van der Waals surface area contributed by atoms with E-state index in [9.17, 15) is 43.3 Å². The van der Waals surface area contributed by atoms with Gasteiger partial charge in [0, 0.05) is 0 Å². The molecule has 1 aliphatic heterocycles. The van der Waals surface area contributed by atoms with Crippen LogP contribution in [0.4, 0.5) is 0 Å². The lowest BCUT2D eigenvalue weighted by Crippen LogP contribution is -2.61. The number of hydrogen-bond acceptors (Lipinski definition) is 11. The summed E-state index contributed by atoms with van der Waals surface area (Å²) in [7, 11) is -5.11. The van der Waals surface area contributed by atoms with E-state index in [1.807, 2.05) is 0 Å². The molecule has 13 nitrogen and oxygen atoms in total. The Bertz CT molecular complexity index is 1230. The number of ether oxygens (including phenoxy) is 2. The molecule has 1 amide bonds. The number of carbonyl (C=O) groups excluding carboxylic acids is 1. The Labute approximate surface area is 396 Å². The van der Waals surface area contributed by atoms with Crippen molar-refractivity contribution in [1.29, 1.82) is 0 Å². The molecule has 8 unspecified atom stereocenters. The van der Waals surface area contributed by atoms with Gasteiger partial charge in [-0.2, -0.15) is 8.42 Å². The maximum absolute atomic E-state index is 13.2. The van der Waals surface area contributed by atoms with Crippen molar-refractivity contribution in [3.63, 3.8) is 0 Å². The lowest BCUT2D eigenvalue weighted by molar-refractivity contribution is -0.298. The lowest BCUT2D eigenvalue weighted by Gasteiger charge is -2.41. The number of allylic oxidation sites excluding steroid dienone is 2. The quantitative estimate of drug-likeness (QED) is 0.0173. The predicted molar refractivity (Wildman–Crippen MR) is 261 cm³/mol. The van der Waals surface area contributed by atoms with Gasteiger partial charge in [-0.25, -0.2) is 4.18 Å². The van der Waals surface area contributed by atoms with Crippen LogP contribution in [0.3, 0.4) is 0 Å². The fourth-order valence-electron chi connectivity index (χ4n) is 8.70. The van der Waals surface area contributed by atoms with Crippen molar-refractivity contribution >= 4 is 16.3 Å². The van der Waals surface area contributed by atoms with Gasteiger partial charge in [0.25, 0.3) is 0 Å². The summed E-state index contributed by atoms with van der Waals surface area (Å²) in [6.07, 6.45) is 35.3. The number of aliphatic hydroxyl groups is 5. The Morgan fingerprint density at radius 3 is 1.38 bits per heavy atom. The van der Waals surface area contributed by atoms with Crippen LogP contribution in [0.2, 0.25) is 0 Å². The van der Waals surface area contributed by atoms with Crippen LogP contribution in [-0.2, 0) is 28.9 Å². The van der Waals surface area contributed by atoms with Crippen LogP contribution >= 0.6 is 0 Å². The monoisotopic (exact) mass is 950 g/mol. The minimum atomic E-state index is -5.11. The van der Waals surface area contributed by atoms with Crippen molar-refractivity contribution in [3.05, 3.63) is 12.2 Å². The molecule has 0 aliphatic carbocycles. The molecule has 0 bridgehead atoms. The van der Waals surface area contributed by atoms with Crippen molar-refractivity contribution in [2.75, 3.05) is 13.2 Å². The van der Waals surface area contributed by atoms with Gasteiger partial charge < -0.3 is 40.3 Å². The zero-order valence-corrected chi connectivity index (χ0v) is 42.0. The molecule has 14 heteroatoms. The van der Waals surface area contributed by atoms with E-state index in [-0.39, 0.29) is 6.42 Å². The first-order valence-electron chi connectivity index (χ1n) is 26.7. The van der Waals surface area contributed by atoms with Gasteiger partial charge in [0.2, 0.25) is 5.91 Å². The highest BCUT2D eigenvalue weighted by Crippen LogP contribution is 2.26. The van der Waals surface area contributed by atoms with Gasteiger partial charge in [0.1, 0.15) is 30.5 Å². The van der Waals surface area contributed by atoms with Crippen LogP contribution in [0.1, 0.15) is 245 Å². The largest absolute Gasteiger partial charge is 0.397 e. The molecule has 386 valence electrons. The van der Waals surface area contributed by atoms with Gasteiger partial charge >= 0.3 is 10.4 Å². The minimum absolute atomic E-state index is 0.255. The number of carbonyl (C=O) groups is 1. The Morgan fingerprint density at radius 1 is 0.600 bits per heavy atom. The number of aliphatic hydroxyl groups excluding tert-OH is 5. The summed E-state index contributed by atoms with van der Waals surface area (Å²) in [6, 6.07) is -1.03. The molecule has 0 saturated carbocycles. The average Bonchev–Trinajstić information content (AvgIpc) is 3.28. The van der Waals surface area contributed by atoms with Gasteiger partial charge in [-0.3, -0.25) is 9.35 Å². The highest BCUT2D eigenvalue weighted by Gasteiger charge is 2.48. The Morgan fingerprint density at radius 2 is 0.985 bits per heavy atom. The molecule has 1 aliphatic rings. The second-order valence-electron chi connectivity index (χ2n) is 19.0. The smallest absolute Gasteiger partial charge is 0.394 e. The highest BCUT2D eigenvalue weighted by molar-refractivity contribution is 7.80. The van der Waals surface area contributed by atoms with E-state index >= 15 is 0 Å². The number of amides is 1. The van der Waals surface area contributed by atoms with E-state index in [1.165, 1.54) is 148 Å². The fourth-order valence-corrected chi connectivity index (χ4v) is 9.21. The van der Waals surface area contributed by atoms with Crippen molar-refractivity contribution in [3.8, 4) is 0 Å². The molecular weight excluding hydrogens is 851 g/mol. The second kappa shape index (κ2) is 41.7. The standard InChI is InChI=1S/C51H99NO12S/c1-3-5-7-9-11-13-15-17-19-21-22-23-24-26-28-30-32-34-36-38-40-45(55)50(58)52-43(42-62-51-48(57)49(64-65(59,60)61)47(56)46(41-53)63-51)44(54)39-37-35-33-31-29-27-25-20-18-16-14-12-10-8-6-4-2/h23-24,43-49,51,53-57H,3-22,25-42H2,1-2H3,(H,52,58)(H,59,60,61)/b24-23-. The van der Waals surface area contributed by atoms with Gasteiger partial charge in [-0.15, -0.1) is 0 Å². The Hall–Kier alpha value is -1.20. The molecular formula is C51H99NO12S. The zero-order chi connectivity index (χ0) is 47.8. The Kier molecular flexibility index (Phi) is 39.7. The third-order valence-electron chi connectivity index (χ3n) is 12.9. The molecule has 0 radical (unpaired) electrons. The SMILES string of the molecule is CCCCCCCCCCCC/C=C\CCCCCCCCC(O)C(=O)NC(COC1OC(CO)C(O)C(OS(=O)(=O)O)C1O)C(O)CCCCCCCCCCCCCCCCCC. The summed E-state index contributed by atoms with van der Waals surface area (Å²) < 4.78 is 47.7. The maximum atomic E-state index is 13.2. The minimum Gasteiger partial charge on any atom is -0.394 e. The van der Waals surface area contributed by atoms with Crippen molar-refractivity contribution < 1.29 is 57.0 Å². The van der Waals surface area contributed by atoms with Crippen molar-refractivity contribution in [2.45, 2.75) is 294 Å². The zero-order valence-electron chi connectivity index (χ0n) is 41.2. The summed E-state index contributed by atoms with van der Waals surface area (Å²) >= 11 is 0. The molecule has 0 aromatic rings. The first kappa shape index (κ1) is 61.8. The lowest BCUT2D eigenvalue weighted by atomic mass is 9.99. The van der Waals surface area contributed by atoms with E-state index in [1.54, 1.807) is 0 Å². The van der Waals surface area contributed by atoms with Gasteiger partial charge in [-0.05, 0) is 38.5 Å². The van der Waals surface area contributed by atoms with E-state index in [0.29, 0.717) is 19.3 Å². The highest BCUT2D eigenvalue weighted by atomic mass is 32.3. The summed E-state index contributed by atoms with van der Waals surface area (Å²) in [5, 5.41) is 55.6.